The van der Waals surface area contributed by atoms with Crippen LogP contribution in [0.5, 0.6) is 0 Å². The Morgan fingerprint density at radius 2 is 1.25 bits per heavy atom. The Morgan fingerprint density at radius 1 is 0.958 bits per heavy atom. The van der Waals surface area contributed by atoms with Crippen LogP contribution in [0.2, 0.25) is 0 Å². The third kappa shape index (κ3) is 4.33. The van der Waals surface area contributed by atoms with Crippen molar-refractivity contribution in [3.05, 3.63) is 40.5 Å². The van der Waals surface area contributed by atoms with Crippen LogP contribution < -0.4 is 0 Å². The first-order chi connectivity index (χ1) is 10.8. The van der Waals surface area contributed by atoms with Crippen molar-refractivity contribution in [1.29, 1.82) is 0 Å². The smallest absolute Gasteiger partial charge is 0.471 e. The number of alkyl halides is 2. The van der Waals surface area contributed by atoms with Gasteiger partial charge in [0.1, 0.15) is 19.7 Å². The van der Waals surface area contributed by atoms with Crippen LogP contribution in [0.4, 0.5) is 8.78 Å². The van der Waals surface area contributed by atoms with E-state index in [0.29, 0.717) is 0 Å². The standard InChI is InChI=1S/C7H9F2N5O9S/c1-2-23-5(24)10(3-6(8,11(15)16)12(17)18)4-7(9,13(19)20)14(21)22/h2-4H2,1H3. The molecule has 14 nitrogen and oxygen atoms in total. The molecule has 0 saturated heterocycles. The molecule has 0 saturated carbocycles. The number of hydrogen-bond acceptors (Lipinski definition) is 10. The Balaban J connectivity index is 5.83. The molecule has 0 rings (SSSR count). The van der Waals surface area contributed by atoms with Gasteiger partial charge in [0, 0.05) is 0 Å². The van der Waals surface area contributed by atoms with E-state index >= 15 is 0 Å². The Kier molecular flexibility index (Phi) is 6.71. The van der Waals surface area contributed by atoms with Gasteiger partial charge in [-0.05, 0) is 19.1 Å². The molecular formula is C7H9F2N5O9S. The van der Waals surface area contributed by atoms with E-state index in [1.54, 1.807) is 0 Å². The van der Waals surface area contributed by atoms with Crippen molar-refractivity contribution in [2.45, 2.75) is 18.8 Å². The summed E-state index contributed by atoms with van der Waals surface area (Å²) in [7, 11) is 0. The molecule has 0 bridgehead atoms. The van der Waals surface area contributed by atoms with Gasteiger partial charge >= 0.3 is 11.8 Å². The summed E-state index contributed by atoms with van der Waals surface area (Å²) in [6.45, 7) is -2.92. The molecule has 0 aromatic heterocycles. The van der Waals surface area contributed by atoms with Gasteiger partial charge in [-0.1, -0.05) is 8.78 Å². The van der Waals surface area contributed by atoms with Gasteiger partial charge < -0.3 is 4.74 Å². The maximum Gasteiger partial charge on any atom is 0.631 e. The number of nitrogens with zero attached hydrogens (tertiary/aromatic N) is 5. The number of halogens is 2. The molecule has 0 aromatic rings. The summed E-state index contributed by atoms with van der Waals surface area (Å²) >= 11 is 4.44. The van der Waals surface area contributed by atoms with E-state index < -0.39 is 49.8 Å². The van der Waals surface area contributed by atoms with Crippen LogP contribution >= 0.6 is 12.2 Å². The zero-order chi connectivity index (χ0) is 19.3. The van der Waals surface area contributed by atoms with Crippen LogP contribution in [0, 0.1) is 40.5 Å². The SMILES string of the molecule is CCOC(=S)N(CC(F)([N+](=O)[O-])[N+](=O)[O-])CC(F)([N+](=O)[O-])[N+](=O)[O-]. The predicted molar refractivity (Wildman–Crippen MR) is 71.5 cm³/mol. The van der Waals surface area contributed by atoms with Crippen molar-refractivity contribution in [1.82, 2.24) is 4.90 Å². The molecule has 0 heterocycles. The molecule has 17 heteroatoms. The molecule has 0 radical (unpaired) electrons. The summed E-state index contributed by atoms with van der Waals surface area (Å²) in [6.07, 6.45) is 0. The summed E-state index contributed by atoms with van der Waals surface area (Å²) in [5.74, 6) is -8.93. The van der Waals surface area contributed by atoms with E-state index in [1.165, 1.54) is 6.92 Å². The van der Waals surface area contributed by atoms with Gasteiger partial charge in [0.05, 0.1) is 6.61 Å². The summed E-state index contributed by atoms with van der Waals surface area (Å²) < 4.78 is 32.2. The minimum Gasteiger partial charge on any atom is -0.471 e. The number of rotatable bonds is 9. The van der Waals surface area contributed by atoms with E-state index in [9.17, 15) is 49.2 Å². The highest BCUT2D eigenvalue weighted by Crippen LogP contribution is 2.21. The van der Waals surface area contributed by atoms with Crippen LogP contribution in [0.1, 0.15) is 6.92 Å². The van der Waals surface area contributed by atoms with E-state index in [-0.39, 0.29) is 11.5 Å². The highest BCUT2D eigenvalue weighted by molar-refractivity contribution is 7.80. The second-order valence-corrected chi connectivity index (χ2v) is 4.37. The largest absolute Gasteiger partial charge is 0.631 e. The maximum absolute atomic E-state index is 13.8. The van der Waals surface area contributed by atoms with Crippen molar-refractivity contribution in [3.8, 4) is 0 Å². The lowest BCUT2D eigenvalue weighted by Crippen LogP contribution is -2.58. The summed E-state index contributed by atoms with van der Waals surface area (Å²) in [5, 5.41) is 41.1. The zero-order valence-electron chi connectivity index (χ0n) is 11.7. The minimum absolute atomic E-state index is 0.171. The number of nitro groups is 4. The molecular weight excluding hydrogens is 368 g/mol. The van der Waals surface area contributed by atoms with Gasteiger partial charge in [-0.25, -0.2) is 0 Å². The van der Waals surface area contributed by atoms with Gasteiger partial charge in [0.15, 0.2) is 0 Å². The van der Waals surface area contributed by atoms with Gasteiger partial charge in [-0.3, -0.25) is 45.4 Å². The van der Waals surface area contributed by atoms with Crippen molar-refractivity contribution in [3.63, 3.8) is 0 Å². The van der Waals surface area contributed by atoms with Gasteiger partial charge in [-0.15, -0.1) is 0 Å². The molecule has 0 aromatic carbocycles. The van der Waals surface area contributed by atoms with Gasteiger partial charge in [0.25, 0.3) is 5.17 Å². The molecule has 0 N–H and O–H groups in total. The monoisotopic (exact) mass is 377 g/mol. The normalized spacial score (nSPS) is 11.5. The van der Waals surface area contributed by atoms with Gasteiger partial charge in [-0.2, -0.15) is 0 Å². The Hall–Kier alpha value is -2.85. The Morgan fingerprint density at radius 3 is 1.46 bits per heavy atom. The van der Waals surface area contributed by atoms with Crippen LogP contribution in [0.3, 0.4) is 0 Å². The molecule has 0 atom stereocenters. The molecule has 24 heavy (non-hydrogen) atoms. The minimum atomic E-state index is -4.46. The highest BCUT2D eigenvalue weighted by atomic mass is 32.1. The molecule has 0 aliphatic carbocycles. The number of hydrogen-bond donors (Lipinski definition) is 0. The molecule has 0 fully saturated rings. The predicted octanol–water partition coefficient (Wildman–Crippen LogP) is -0.0368. The van der Waals surface area contributed by atoms with Crippen molar-refractivity contribution >= 4 is 17.4 Å². The first-order valence-corrected chi connectivity index (χ1v) is 6.11. The summed E-state index contributed by atoms with van der Waals surface area (Å²) in [6, 6.07) is 0. The average Bonchev–Trinajstić information content (AvgIpc) is 2.45. The molecule has 0 aliphatic rings. The zero-order valence-corrected chi connectivity index (χ0v) is 12.5. The quantitative estimate of drug-likeness (QED) is 0.172. The van der Waals surface area contributed by atoms with Crippen molar-refractivity contribution < 1.29 is 33.2 Å². The van der Waals surface area contributed by atoms with E-state index in [0.717, 1.165) is 0 Å². The first-order valence-electron chi connectivity index (χ1n) is 5.70. The van der Waals surface area contributed by atoms with Crippen molar-refractivity contribution in [2.75, 3.05) is 19.7 Å². The fraction of sp³-hybridized carbons (Fsp3) is 0.857. The topological polar surface area (TPSA) is 185 Å². The Bertz CT molecular complexity index is 506. The van der Waals surface area contributed by atoms with E-state index in [4.69, 9.17) is 0 Å². The van der Waals surface area contributed by atoms with Crippen LogP contribution in [0.15, 0.2) is 0 Å². The highest BCUT2D eigenvalue weighted by Gasteiger charge is 2.65. The second kappa shape index (κ2) is 7.62. The van der Waals surface area contributed by atoms with E-state index in [1.807, 2.05) is 0 Å². The molecule has 0 amide bonds. The van der Waals surface area contributed by atoms with Gasteiger partial charge in [0.2, 0.25) is 13.1 Å². The van der Waals surface area contributed by atoms with E-state index in [2.05, 4.69) is 17.0 Å². The fourth-order valence-electron chi connectivity index (χ4n) is 1.25. The van der Waals surface area contributed by atoms with Crippen LogP contribution in [-0.4, -0.2) is 61.3 Å². The number of thiocarbonyl (C=S) groups is 1. The average molecular weight is 377 g/mol. The lowest BCUT2D eigenvalue weighted by molar-refractivity contribution is -0.836. The third-order valence-corrected chi connectivity index (χ3v) is 2.81. The lowest BCUT2D eigenvalue weighted by Gasteiger charge is -2.24. The Labute approximate surface area is 135 Å². The second-order valence-electron chi connectivity index (χ2n) is 4.02. The van der Waals surface area contributed by atoms with Crippen molar-refractivity contribution in [2.24, 2.45) is 0 Å². The first kappa shape index (κ1) is 21.1. The summed E-state index contributed by atoms with van der Waals surface area (Å²) in [4.78, 5) is 33.9. The molecule has 136 valence electrons. The fourth-order valence-corrected chi connectivity index (χ4v) is 1.50. The van der Waals surface area contributed by atoms with Crippen LogP contribution in [-0.2, 0) is 4.74 Å². The number of ether oxygens (including phenoxy) is 1. The lowest BCUT2D eigenvalue weighted by atomic mass is 10.3. The molecule has 0 aliphatic heterocycles. The molecule has 0 spiro atoms. The maximum atomic E-state index is 13.8. The molecule has 0 unspecified atom stereocenters. The van der Waals surface area contributed by atoms with Crippen LogP contribution in [0.25, 0.3) is 0 Å². The summed E-state index contributed by atoms with van der Waals surface area (Å²) in [5.41, 5.74) is 0. The third-order valence-electron chi connectivity index (χ3n) is 2.43.